The van der Waals surface area contributed by atoms with Crippen LogP contribution in [0.1, 0.15) is 39.0 Å². The van der Waals surface area contributed by atoms with E-state index in [9.17, 15) is 14.0 Å². The quantitative estimate of drug-likeness (QED) is 0.444. The maximum absolute atomic E-state index is 13.0. The summed E-state index contributed by atoms with van der Waals surface area (Å²) in [5.41, 5.74) is 0.939. The van der Waals surface area contributed by atoms with Crippen LogP contribution in [-0.2, 0) is 6.61 Å². The van der Waals surface area contributed by atoms with Crippen molar-refractivity contribution in [2.24, 2.45) is 0 Å². The second-order valence-electron chi connectivity index (χ2n) is 7.06. The number of nitrogens with zero attached hydrogens (tertiary/aromatic N) is 3. The van der Waals surface area contributed by atoms with Gasteiger partial charge in [-0.2, -0.15) is 0 Å². The van der Waals surface area contributed by atoms with E-state index in [2.05, 4.69) is 39.6 Å². The molecule has 0 aliphatic carbocycles. The third-order valence-electron chi connectivity index (χ3n) is 4.83. The SMILES string of the molecule is CCN(CC)CCNC(=O)c1cccc(NC(=O)c2nnc(COc3ccc(F)cc3)s2)c1. The highest BCUT2D eigenvalue weighted by atomic mass is 32.1. The van der Waals surface area contributed by atoms with Gasteiger partial charge in [0.2, 0.25) is 5.01 Å². The predicted octanol–water partition coefficient (Wildman–Crippen LogP) is 3.58. The Balaban J connectivity index is 1.53. The van der Waals surface area contributed by atoms with Gasteiger partial charge in [-0.1, -0.05) is 31.3 Å². The molecule has 1 aromatic heterocycles. The Morgan fingerprint density at radius 2 is 1.82 bits per heavy atom. The van der Waals surface area contributed by atoms with Crippen molar-refractivity contribution in [2.45, 2.75) is 20.5 Å². The van der Waals surface area contributed by atoms with Gasteiger partial charge in [-0.3, -0.25) is 9.59 Å². The number of rotatable bonds is 11. The van der Waals surface area contributed by atoms with E-state index in [1.807, 2.05) is 0 Å². The number of carbonyl (C=O) groups is 2. The van der Waals surface area contributed by atoms with Crippen molar-refractivity contribution in [2.75, 3.05) is 31.5 Å². The molecule has 0 spiro atoms. The van der Waals surface area contributed by atoms with Crippen LogP contribution < -0.4 is 15.4 Å². The van der Waals surface area contributed by atoms with E-state index in [0.717, 1.165) is 31.0 Å². The van der Waals surface area contributed by atoms with Crippen LogP contribution in [0.15, 0.2) is 48.5 Å². The summed E-state index contributed by atoms with van der Waals surface area (Å²) in [5.74, 6) is -0.489. The van der Waals surface area contributed by atoms with Gasteiger partial charge in [0, 0.05) is 24.3 Å². The summed E-state index contributed by atoms with van der Waals surface area (Å²) >= 11 is 1.09. The van der Waals surface area contributed by atoms with Gasteiger partial charge in [0.05, 0.1) is 0 Å². The van der Waals surface area contributed by atoms with Gasteiger partial charge < -0.3 is 20.3 Å². The topological polar surface area (TPSA) is 96.5 Å². The van der Waals surface area contributed by atoms with Crippen LogP contribution in [0.25, 0.3) is 0 Å². The maximum Gasteiger partial charge on any atom is 0.286 e. The summed E-state index contributed by atoms with van der Waals surface area (Å²) in [6, 6.07) is 12.3. The molecular formula is C23H26FN5O3S. The largest absolute Gasteiger partial charge is 0.486 e. The fourth-order valence-corrected chi connectivity index (χ4v) is 3.62. The molecule has 2 aromatic carbocycles. The Bertz CT molecular complexity index is 1070. The molecule has 0 radical (unpaired) electrons. The fraction of sp³-hybridized carbons (Fsp3) is 0.304. The monoisotopic (exact) mass is 471 g/mol. The van der Waals surface area contributed by atoms with E-state index in [1.165, 1.54) is 24.3 Å². The molecule has 33 heavy (non-hydrogen) atoms. The lowest BCUT2D eigenvalue weighted by molar-refractivity contribution is 0.0947. The number of hydrogen-bond donors (Lipinski definition) is 2. The van der Waals surface area contributed by atoms with Gasteiger partial charge in [0.1, 0.15) is 18.2 Å². The van der Waals surface area contributed by atoms with Crippen LogP contribution in [0.2, 0.25) is 0 Å². The molecule has 174 valence electrons. The first kappa shape index (κ1) is 24.3. The summed E-state index contributed by atoms with van der Waals surface area (Å²) in [4.78, 5) is 27.2. The van der Waals surface area contributed by atoms with Gasteiger partial charge in [0.25, 0.3) is 11.8 Å². The second kappa shape index (κ2) is 12.0. The predicted molar refractivity (Wildman–Crippen MR) is 125 cm³/mol. The van der Waals surface area contributed by atoms with Crippen LogP contribution in [-0.4, -0.2) is 53.1 Å². The van der Waals surface area contributed by atoms with E-state index in [4.69, 9.17) is 4.74 Å². The number of hydrogen-bond acceptors (Lipinski definition) is 7. The highest BCUT2D eigenvalue weighted by Crippen LogP contribution is 2.18. The molecule has 0 saturated carbocycles. The normalized spacial score (nSPS) is 10.8. The van der Waals surface area contributed by atoms with Crippen LogP contribution in [0.4, 0.5) is 10.1 Å². The maximum atomic E-state index is 13.0. The molecule has 3 aromatic rings. The number of aromatic nitrogens is 2. The molecule has 0 aliphatic rings. The van der Waals surface area contributed by atoms with Gasteiger partial charge in [-0.25, -0.2) is 4.39 Å². The molecule has 3 rings (SSSR count). The molecule has 2 amide bonds. The van der Waals surface area contributed by atoms with Crippen molar-refractivity contribution in [3.05, 3.63) is 69.9 Å². The highest BCUT2D eigenvalue weighted by Gasteiger charge is 2.15. The molecule has 8 nitrogen and oxygen atoms in total. The lowest BCUT2D eigenvalue weighted by Crippen LogP contribution is -2.34. The molecular weight excluding hydrogens is 445 g/mol. The molecule has 1 heterocycles. The van der Waals surface area contributed by atoms with Gasteiger partial charge in [-0.15, -0.1) is 10.2 Å². The zero-order chi connectivity index (χ0) is 23.6. The number of nitrogens with one attached hydrogen (secondary N) is 2. The molecule has 2 N–H and O–H groups in total. The molecule has 0 atom stereocenters. The van der Waals surface area contributed by atoms with Gasteiger partial charge in [-0.05, 0) is 55.6 Å². The number of anilines is 1. The van der Waals surface area contributed by atoms with Crippen molar-refractivity contribution >= 4 is 28.8 Å². The number of halogens is 1. The number of carbonyl (C=O) groups excluding carboxylic acids is 2. The minimum absolute atomic E-state index is 0.111. The number of ether oxygens (including phenoxy) is 1. The highest BCUT2D eigenvalue weighted by molar-refractivity contribution is 7.13. The average molecular weight is 472 g/mol. The number of benzene rings is 2. The Morgan fingerprint density at radius 1 is 1.06 bits per heavy atom. The minimum Gasteiger partial charge on any atom is -0.486 e. The third kappa shape index (κ3) is 7.33. The van der Waals surface area contributed by atoms with E-state index in [1.54, 1.807) is 24.3 Å². The lowest BCUT2D eigenvalue weighted by Gasteiger charge is -2.18. The zero-order valence-electron chi connectivity index (χ0n) is 18.5. The zero-order valence-corrected chi connectivity index (χ0v) is 19.3. The standard InChI is InChI=1S/C23H26FN5O3S/c1-3-29(4-2)13-12-25-21(30)16-6-5-7-18(14-16)26-22(31)23-28-27-20(33-23)15-32-19-10-8-17(24)9-11-19/h5-11,14H,3-4,12-13,15H2,1-2H3,(H,25,30)(H,26,31). The fourth-order valence-electron chi connectivity index (χ4n) is 2.97. The minimum atomic E-state index is -0.431. The molecule has 0 aliphatic heterocycles. The second-order valence-corrected chi connectivity index (χ2v) is 8.12. The van der Waals surface area contributed by atoms with Crippen LogP contribution in [0.3, 0.4) is 0 Å². The summed E-state index contributed by atoms with van der Waals surface area (Å²) in [7, 11) is 0. The Hall–Kier alpha value is -3.37. The number of likely N-dealkylation sites (N-methyl/N-ethyl adjacent to an activating group) is 1. The molecule has 0 fully saturated rings. The lowest BCUT2D eigenvalue weighted by atomic mass is 10.2. The average Bonchev–Trinajstić information content (AvgIpc) is 3.31. The first-order chi connectivity index (χ1) is 16.0. The molecule has 10 heteroatoms. The van der Waals surface area contributed by atoms with Crippen LogP contribution in [0, 0.1) is 5.82 Å². The van der Waals surface area contributed by atoms with Crippen LogP contribution in [0.5, 0.6) is 5.75 Å². The smallest absolute Gasteiger partial charge is 0.286 e. The summed E-state index contributed by atoms with van der Waals surface area (Å²) in [6.45, 7) is 7.46. The Kier molecular flexibility index (Phi) is 8.85. The Labute approximate surface area is 195 Å². The van der Waals surface area contributed by atoms with Crippen molar-refractivity contribution in [3.63, 3.8) is 0 Å². The third-order valence-corrected chi connectivity index (χ3v) is 5.72. The van der Waals surface area contributed by atoms with E-state index in [0.29, 0.717) is 28.6 Å². The van der Waals surface area contributed by atoms with E-state index < -0.39 is 5.91 Å². The van der Waals surface area contributed by atoms with Gasteiger partial charge in [0.15, 0.2) is 5.01 Å². The first-order valence-corrected chi connectivity index (χ1v) is 11.4. The van der Waals surface area contributed by atoms with Crippen molar-refractivity contribution < 1.29 is 18.7 Å². The molecule has 0 saturated heterocycles. The van der Waals surface area contributed by atoms with Crippen molar-refractivity contribution in [1.82, 2.24) is 20.4 Å². The van der Waals surface area contributed by atoms with Crippen LogP contribution >= 0.6 is 11.3 Å². The molecule has 0 bridgehead atoms. The van der Waals surface area contributed by atoms with Gasteiger partial charge >= 0.3 is 0 Å². The summed E-state index contributed by atoms with van der Waals surface area (Å²) in [6.07, 6.45) is 0. The first-order valence-electron chi connectivity index (χ1n) is 10.6. The van der Waals surface area contributed by atoms with E-state index in [-0.39, 0.29) is 23.3 Å². The summed E-state index contributed by atoms with van der Waals surface area (Å²) < 4.78 is 18.5. The Morgan fingerprint density at radius 3 is 2.55 bits per heavy atom. The van der Waals surface area contributed by atoms with Crippen molar-refractivity contribution in [3.8, 4) is 5.75 Å². The molecule has 0 unspecified atom stereocenters. The number of amides is 2. The summed E-state index contributed by atoms with van der Waals surface area (Å²) in [5, 5.41) is 14.2. The van der Waals surface area contributed by atoms with E-state index >= 15 is 0 Å². The van der Waals surface area contributed by atoms with Crippen molar-refractivity contribution in [1.29, 1.82) is 0 Å².